The quantitative estimate of drug-likeness (QED) is 0.660. The molecule has 0 aliphatic rings. The monoisotopic (exact) mass is 382 g/mol. The molecule has 2 aromatic carbocycles. The van der Waals surface area contributed by atoms with Gasteiger partial charge in [-0.1, -0.05) is 48.5 Å². The molecule has 0 bridgehead atoms. The standard InChI is InChI=1S/C20H18N2O4S/c1-2-21-20(25)22-18(23)17(13-8-4-3-5-9-13)26-19(24)16-12-14-10-6-7-11-15(14)27-16/h3-12,17H,2H2,1H3,(H2,21,22,23,25)/t17-/m0/s1. The molecule has 0 aliphatic heterocycles. The van der Waals surface area contributed by atoms with E-state index in [2.05, 4.69) is 10.6 Å². The first-order chi connectivity index (χ1) is 13.1. The van der Waals surface area contributed by atoms with E-state index in [1.807, 2.05) is 24.3 Å². The maximum absolute atomic E-state index is 12.6. The Morgan fingerprint density at radius 2 is 1.74 bits per heavy atom. The van der Waals surface area contributed by atoms with Crippen LogP contribution in [0.25, 0.3) is 10.1 Å². The highest BCUT2D eigenvalue weighted by Gasteiger charge is 2.27. The van der Waals surface area contributed by atoms with Crippen LogP contribution in [0.2, 0.25) is 0 Å². The molecule has 0 radical (unpaired) electrons. The lowest BCUT2D eigenvalue weighted by Gasteiger charge is -2.17. The molecule has 0 saturated heterocycles. The molecule has 0 saturated carbocycles. The van der Waals surface area contributed by atoms with E-state index in [1.54, 1.807) is 43.3 Å². The van der Waals surface area contributed by atoms with E-state index < -0.39 is 24.0 Å². The minimum absolute atomic E-state index is 0.372. The van der Waals surface area contributed by atoms with E-state index in [0.717, 1.165) is 10.1 Å². The average molecular weight is 382 g/mol. The van der Waals surface area contributed by atoms with Gasteiger partial charge >= 0.3 is 12.0 Å². The zero-order valence-electron chi connectivity index (χ0n) is 14.6. The van der Waals surface area contributed by atoms with Crippen molar-refractivity contribution in [2.45, 2.75) is 13.0 Å². The minimum Gasteiger partial charge on any atom is -0.443 e. The Labute approximate surface area is 160 Å². The van der Waals surface area contributed by atoms with Crippen molar-refractivity contribution in [3.05, 3.63) is 71.1 Å². The summed E-state index contributed by atoms with van der Waals surface area (Å²) in [6, 6.07) is 17.3. The lowest BCUT2D eigenvalue weighted by molar-refractivity contribution is -0.129. The molecule has 7 heteroatoms. The molecule has 1 heterocycles. The highest BCUT2D eigenvalue weighted by atomic mass is 32.1. The van der Waals surface area contributed by atoms with Crippen molar-refractivity contribution >= 4 is 39.3 Å². The Morgan fingerprint density at radius 1 is 1.04 bits per heavy atom. The van der Waals surface area contributed by atoms with Crippen LogP contribution in [0.15, 0.2) is 60.7 Å². The maximum Gasteiger partial charge on any atom is 0.349 e. The summed E-state index contributed by atoms with van der Waals surface area (Å²) in [7, 11) is 0. The number of carbonyl (C=O) groups excluding carboxylic acids is 3. The predicted molar refractivity (Wildman–Crippen MR) is 104 cm³/mol. The Hall–Kier alpha value is -3.19. The normalized spacial score (nSPS) is 11.6. The second-order valence-corrected chi connectivity index (χ2v) is 6.78. The van der Waals surface area contributed by atoms with Crippen LogP contribution < -0.4 is 10.6 Å². The third kappa shape index (κ3) is 4.51. The van der Waals surface area contributed by atoms with Crippen molar-refractivity contribution in [3.63, 3.8) is 0 Å². The molecule has 2 N–H and O–H groups in total. The number of nitrogens with one attached hydrogen (secondary N) is 2. The highest BCUT2D eigenvalue weighted by molar-refractivity contribution is 7.20. The molecule has 1 aromatic heterocycles. The Kier molecular flexibility index (Phi) is 5.83. The van der Waals surface area contributed by atoms with Crippen LogP contribution in [0.5, 0.6) is 0 Å². The number of ether oxygens (including phenoxy) is 1. The minimum atomic E-state index is -1.23. The van der Waals surface area contributed by atoms with E-state index in [1.165, 1.54) is 11.3 Å². The second kappa shape index (κ2) is 8.46. The van der Waals surface area contributed by atoms with Gasteiger partial charge in [0.15, 0.2) is 0 Å². The maximum atomic E-state index is 12.6. The molecule has 138 valence electrons. The number of esters is 1. The number of hydrogen-bond donors (Lipinski definition) is 2. The number of rotatable bonds is 5. The summed E-state index contributed by atoms with van der Waals surface area (Å²) in [5.74, 6) is -1.32. The van der Waals surface area contributed by atoms with Gasteiger partial charge in [-0.2, -0.15) is 0 Å². The average Bonchev–Trinajstić information content (AvgIpc) is 3.11. The van der Waals surface area contributed by atoms with Crippen LogP contribution in [0.4, 0.5) is 4.79 Å². The number of imide groups is 1. The van der Waals surface area contributed by atoms with Crippen LogP contribution in [0.3, 0.4) is 0 Å². The molecule has 3 amide bonds. The largest absolute Gasteiger partial charge is 0.443 e. The predicted octanol–water partition coefficient (Wildman–Crippen LogP) is 3.65. The van der Waals surface area contributed by atoms with E-state index in [0.29, 0.717) is 17.0 Å². The smallest absolute Gasteiger partial charge is 0.349 e. The summed E-state index contributed by atoms with van der Waals surface area (Å²) in [6.07, 6.45) is -1.23. The molecule has 0 aliphatic carbocycles. The fraction of sp³-hybridized carbons (Fsp3) is 0.150. The van der Waals surface area contributed by atoms with Gasteiger partial charge in [-0.25, -0.2) is 9.59 Å². The zero-order valence-corrected chi connectivity index (χ0v) is 15.4. The van der Waals surface area contributed by atoms with Gasteiger partial charge in [-0.3, -0.25) is 10.1 Å². The van der Waals surface area contributed by atoms with Crippen molar-refractivity contribution in [2.24, 2.45) is 0 Å². The number of fused-ring (bicyclic) bond motifs is 1. The first-order valence-corrected chi connectivity index (χ1v) is 9.23. The fourth-order valence-corrected chi connectivity index (χ4v) is 3.48. The second-order valence-electron chi connectivity index (χ2n) is 5.69. The van der Waals surface area contributed by atoms with Gasteiger partial charge in [0.2, 0.25) is 6.10 Å². The molecular weight excluding hydrogens is 364 g/mol. The Balaban J connectivity index is 1.83. The lowest BCUT2D eigenvalue weighted by Crippen LogP contribution is -2.42. The Bertz CT molecular complexity index is 935. The lowest BCUT2D eigenvalue weighted by atomic mass is 10.1. The number of hydrogen-bond acceptors (Lipinski definition) is 5. The van der Waals surface area contributed by atoms with Gasteiger partial charge in [0.05, 0.1) is 0 Å². The van der Waals surface area contributed by atoms with Gasteiger partial charge in [0.1, 0.15) is 4.88 Å². The van der Waals surface area contributed by atoms with Crippen molar-refractivity contribution in [3.8, 4) is 0 Å². The first kappa shape index (κ1) is 18.6. The molecule has 27 heavy (non-hydrogen) atoms. The number of amides is 3. The number of urea groups is 1. The Morgan fingerprint density at radius 3 is 2.44 bits per heavy atom. The summed E-state index contributed by atoms with van der Waals surface area (Å²) >= 11 is 1.29. The highest BCUT2D eigenvalue weighted by Crippen LogP contribution is 2.28. The summed E-state index contributed by atoms with van der Waals surface area (Å²) in [6.45, 7) is 2.11. The van der Waals surface area contributed by atoms with Crippen LogP contribution in [0.1, 0.15) is 28.3 Å². The van der Waals surface area contributed by atoms with Gasteiger partial charge in [0.25, 0.3) is 5.91 Å². The van der Waals surface area contributed by atoms with Crippen LogP contribution in [-0.2, 0) is 9.53 Å². The number of thiophene rings is 1. The summed E-state index contributed by atoms with van der Waals surface area (Å²) in [4.78, 5) is 37.2. The topological polar surface area (TPSA) is 84.5 Å². The molecular formula is C20H18N2O4S. The van der Waals surface area contributed by atoms with Gasteiger partial charge in [-0.05, 0) is 24.4 Å². The molecule has 1 atom stereocenters. The third-order valence-corrected chi connectivity index (χ3v) is 4.86. The van der Waals surface area contributed by atoms with Gasteiger partial charge in [-0.15, -0.1) is 11.3 Å². The summed E-state index contributed by atoms with van der Waals surface area (Å²) in [5, 5.41) is 5.60. The summed E-state index contributed by atoms with van der Waals surface area (Å²) < 4.78 is 6.42. The molecule has 3 aromatic rings. The van der Waals surface area contributed by atoms with Crippen molar-refractivity contribution < 1.29 is 19.1 Å². The third-order valence-electron chi connectivity index (χ3n) is 3.77. The van der Waals surface area contributed by atoms with Crippen molar-refractivity contribution in [1.82, 2.24) is 10.6 Å². The van der Waals surface area contributed by atoms with E-state index in [4.69, 9.17) is 4.74 Å². The summed E-state index contributed by atoms with van der Waals surface area (Å²) in [5.41, 5.74) is 0.480. The molecule has 0 unspecified atom stereocenters. The molecule has 3 rings (SSSR count). The van der Waals surface area contributed by atoms with Crippen LogP contribution in [0, 0.1) is 0 Å². The van der Waals surface area contributed by atoms with E-state index in [-0.39, 0.29) is 0 Å². The number of carbonyl (C=O) groups is 3. The SMILES string of the molecule is CCNC(=O)NC(=O)[C@@H](OC(=O)c1cc2ccccc2s1)c1ccccc1. The molecule has 6 nitrogen and oxygen atoms in total. The van der Waals surface area contributed by atoms with Crippen molar-refractivity contribution in [1.29, 1.82) is 0 Å². The molecule has 0 fully saturated rings. The van der Waals surface area contributed by atoms with Crippen LogP contribution in [-0.4, -0.2) is 24.5 Å². The first-order valence-electron chi connectivity index (χ1n) is 8.41. The van der Waals surface area contributed by atoms with Crippen LogP contribution >= 0.6 is 11.3 Å². The van der Waals surface area contributed by atoms with Crippen molar-refractivity contribution in [2.75, 3.05) is 6.54 Å². The van der Waals surface area contributed by atoms with Gasteiger partial charge < -0.3 is 10.1 Å². The van der Waals surface area contributed by atoms with E-state index in [9.17, 15) is 14.4 Å². The zero-order chi connectivity index (χ0) is 19.2. The van der Waals surface area contributed by atoms with Gasteiger partial charge in [0, 0.05) is 16.8 Å². The fourth-order valence-electron chi connectivity index (χ4n) is 2.53. The van der Waals surface area contributed by atoms with E-state index >= 15 is 0 Å². The number of benzene rings is 2. The molecule has 0 spiro atoms.